The van der Waals surface area contributed by atoms with Crippen LogP contribution in [0.3, 0.4) is 0 Å². The summed E-state index contributed by atoms with van der Waals surface area (Å²) in [7, 11) is 0.819. The van der Waals surface area contributed by atoms with E-state index in [2.05, 4.69) is 0 Å². The fourth-order valence-corrected chi connectivity index (χ4v) is 1.57. The van der Waals surface area contributed by atoms with Gasteiger partial charge in [-0.3, -0.25) is 4.79 Å². The van der Waals surface area contributed by atoms with Crippen molar-refractivity contribution in [2.24, 2.45) is 0 Å². The van der Waals surface area contributed by atoms with E-state index in [4.69, 9.17) is 0 Å². The second-order valence-corrected chi connectivity index (χ2v) is 4.22. The lowest BCUT2D eigenvalue weighted by Crippen LogP contribution is -2.51. The number of amides is 1. The molecule has 1 aromatic carbocycles. The third kappa shape index (κ3) is 2.83. The molecule has 1 aromatic rings. The Balaban J connectivity index is 3.04. The lowest BCUT2D eigenvalue weighted by Gasteiger charge is -2.30. The molecular weight excluding hydrogens is 285 g/mol. The van der Waals surface area contributed by atoms with Gasteiger partial charge in [0.1, 0.15) is 5.75 Å². The van der Waals surface area contributed by atoms with Crippen molar-refractivity contribution in [1.29, 1.82) is 0 Å². The SMILES string of the molecule is CC(c1ccccc1O)N(C)C(=O)C(F)(F)C(F)(F)F. The zero-order valence-electron chi connectivity index (χ0n) is 10.6. The summed E-state index contributed by atoms with van der Waals surface area (Å²) in [6.07, 6.45) is -5.96. The van der Waals surface area contributed by atoms with Crippen LogP contribution < -0.4 is 0 Å². The Hall–Kier alpha value is -1.86. The zero-order chi connectivity index (χ0) is 15.7. The fourth-order valence-electron chi connectivity index (χ4n) is 1.57. The summed E-state index contributed by atoms with van der Waals surface area (Å²) in [5.74, 6) is -8.14. The number of para-hydroxylation sites is 1. The highest BCUT2D eigenvalue weighted by Gasteiger charge is 2.64. The van der Waals surface area contributed by atoms with E-state index in [1.165, 1.54) is 31.2 Å². The van der Waals surface area contributed by atoms with Crippen molar-refractivity contribution in [3.63, 3.8) is 0 Å². The van der Waals surface area contributed by atoms with Crippen molar-refractivity contribution in [3.05, 3.63) is 29.8 Å². The molecule has 1 rings (SSSR count). The third-order valence-corrected chi connectivity index (χ3v) is 2.91. The molecule has 0 saturated carbocycles. The first-order chi connectivity index (χ1) is 9.00. The number of nitrogens with zero attached hydrogens (tertiary/aromatic N) is 1. The van der Waals surface area contributed by atoms with Crippen molar-refractivity contribution in [2.75, 3.05) is 7.05 Å². The van der Waals surface area contributed by atoms with E-state index in [9.17, 15) is 31.9 Å². The molecule has 8 heteroatoms. The molecule has 0 aliphatic rings. The van der Waals surface area contributed by atoms with Crippen LogP contribution in [0.4, 0.5) is 22.0 Å². The Labute approximate surface area is 111 Å². The molecule has 112 valence electrons. The first kappa shape index (κ1) is 16.2. The average Bonchev–Trinajstić information content (AvgIpc) is 2.35. The summed E-state index contributed by atoms with van der Waals surface area (Å²) in [5.41, 5.74) is 0.0707. The van der Waals surface area contributed by atoms with Gasteiger partial charge in [0.05, 0.1) is 6.04 Å². The van der Waals surface area contributed by atoms with Crippen molar-refractivity contribution >= 4 is 5.91 Å². The summed E-state index contributed by atoms with van der Waals surface area (Å²) in [6, 6.07) is 4.35. The van der Waals surface area contributed by atoms with Crippen LogP contribution in [0.2, 0.25) is 0 Å². The van der Waals surface area contributed by atoms with Crippen LogP contribution in [0.15, 0.2) is 24.3 Å². The number of phenols is 1. The molecule has 1 unspecified atom stereocenters. The van der Waals surface area contributed by atoms with E-state index in [-0.39, 0.29) is 16.2 Å². The number of carbonyl (C=O) groups excluding carboxylic acids is 1. The number of halogens is 5. The molecule has 1 amide bonds. The summed E-state index contributed by atoms with van der Waals surface area (Å²) >= 11 is 0. The monoisotopic (exact) mass is 297 g/mol. The Morgan fingerprint density at radius 2 is 1.70 bits per heavy atom. The summed E-state index contributed by atoms with van der Waals surface area (Å²) in [4.78, 5) is 11.6. The van der Waals surface area contributed by atoms with E-state index in [0.29, 0.717) is 0 Å². The first-order valence-electron chi connectivity index (χ1n) is 5.50. The number of aromatic hydroxyl groups is 1. The maximum atomic E-state index is 13.0. The minimum Gasteiger partial charge on any atom is -0.508 e. The van der Waals surface area contributed by atoms with E-state index < -0.39 is 24.0 Å². The van der Waals surface area contributed by atoms with Gasteiger partial charge >= 0.3 is 18.0 Å². The topological polar surface area (TPSA) is 40.5 Å². The van der Waals surface area contributed by atoms with Crippen LogP contribution in [-0.2, 0) is 4.79 Å². The quantitative estimate of drug-likeness (QED) is 0.871. The van der Waals surface area contributed by atoms with Gasteiger partial charge in [-0.05, 0) is 13.0 Å². The Kier molecular flexibility index (Phi) is 4.26. The predicted molar refractivity (Wildman–Crippen MR) is 60.3 cm³/mol. The number of hydrogen-bond acceptors (Lipinski definition) is 2. The third-order valence-electron chi connectivity index (χ3n) is 2.91. The minimum atomic E-state index is -5.96. The van der Waals surface area contributed by atoms with Gasteiger partial charge in [-0.2, -0.15) is 22.0 Å². The van der Waals surface area contributed by atoms with Gasteiger partial charge in [0, 0.05) is 12.6 Å². The van der Waals surface area contributed by atoms with E-state index in [1.54, 1.807) is 0 Å². The molecule has 0 heterocycles. The molecule has 1 atom stereocenters. The van der Waals surface area contributed by atoms with Gasteiger partial charge in [-0.1, -0.05) is 18.2 Å². The second kappa shape index (κ2) is 5.26. The first-order valence-corrected chi connectivity index (χ1v) is 5.50. The van der Waals surface area contributed by atoms with Crippen molar-refractivity contribution < 1.29 is 31.9 Å². The van der Waals surface area contributed by atoms with Crippen LogP contribution in [0.5, 0.6) is 5.75 Å². The molecule has 0 saturated heterocycles. The highest BCUT2D eigenvalue weighted by Crippen LogP contribution is 2.38. The molecule has 0 fully saturated rings. The normalized spacial score (nSPS) is 13.9. The number of rotatable bonds is 3. The van der Waals surface area contributed by atoms with Crippen molar-refractivity contribution in [3.8, 4) is 5.75 Å². The van der Waals surface area contributed by atoms with Crippen molar-refractivity contribution in [1.82, 2.24) is 4.90 Å². The number of alkyl halides is 5. The zero-order valence-corrected chi connectivity index (χ0v) is 10.6. The van der Waals surface area contributed by atoms with Gasteiger partial charge < -0.3 is 10.0 Å². The summed E-state index contributed by atoms with van der Waals surface area (Å²) < 4.78 is 62.4. The molecule has 1 N–H and O–H groups in total. The van der Waals surface area contributed by atoms with Crippen LogP contribution >= 0.6 is 0 Å². The number of phenolic OH excluding ortho intramolecular Hbond substituents is 1. The molecule has 0 bridgehead atoms. The molecule has 3 nitrogen and oxygen atoms in total. The summed E-state index contributed by atoms with van der Waals surface area (Å²) in [5, 5.41) is 9.53. The van der Waals surface area contributed by atoms with Crippen LogP contribution in [0.1, 0.15) is 18.5 Å². The van der Waals surface area contributed by atoms with Gasteiger partial charge in [0.25, 0.3) is 0 Å². The van der Waals surface area contributed by atoms with Gasteiger partial charge in [0.15, 0.2) is 0 Å². The largest absolute Gasteiger partial charge is 0.508 e. The van der Waals surface area contributed by atoms with Gasteiger partial charge in [-0.25, -0.2) is 0 Å². The Morgan fingerprint density at radius 3 is 2.15 bits per heavy atom. The van der Waals surface area contributed by atoms with Crippen molar-refractivity contribution in [2.45, 2.75) is 25.1 Å². The lowest BCUT2D eigenvalue weighted by molar-refractivity contribution is -0.274. The number of carbonyl (C=O) groups is 1. The highest BCUT2D eigenvalue weighted by molar-refractivity contribution is 5.84. The van der Waals surface area contributed by atoms with Gasteiger partial charge in [0.2, 0.25) is 0 Å². The molecule has 0 aliphatic heterocycles. The Morgan fingerprint density at radius 1 is 1.20 bits per heavy atom. The minimum absolute atomic E-state index is 0.0707. The molecular formula is C12H12F5NO2. The van der Waals surface area contributed by atoms with E-state index in [0.717, 1.165) is 7.05 Å². The average molecular weight is 297 g/mol. The molecule has 0 aromatic heterocycles. The number of hydrogen-bond donors (Lipinski definition) is 1. The molecule has 20 heavy (non-hydrogen) atoms. The number of benzene rings is 1. The maximum Gasteiger partial charge on any atom is 0.463 e. The lowest BCUT2D eigenvalue weighted by atomic mass is 10.1. The van der Waals surface area contributed by atoms with Gasteiger partial charge in [-0.15, -0.1) is 0 Å². The maximum absolute atomic E-state index is 13.0. The van der Waals surface area contributed by atoms with E-state index in [1.807, 2.05) is 0 Å². The molecule has 0 aliphatic carbocycles. The molecule has 0 spiro atoms. The predicted octanol–water partition coefficient (Wildman–Crippen LogP) is 3.11. The van der Waals surface area contributed by atoms with Crippen LogP contribution in [0, 0.1) is 0 Å². The second-order valence-electron chi connectivity index (χ2n) is 4.22. The van der Waals surface area contributed by atoms with Crippen LogP contribution in [0.25, 0.3) is 0 Å². The molecule has 0 radical (unpaired) electrons. The standard InChI is InChI=1S/C12H12F5NO2/c1-7(8-5-3-4-6-9(8)19)18(2)10(20)11(13,14)12(15,16)17/h3-7,19H,1-2H3. The Bertz CT molecular complexity index is 501. The fraction of sp³-hybridized carbons (Fsp3) is 0.417. The smallest absolute Gasteiger partial charge is 0.463 e. The summed E-state index contributed by atoms with van der Waals surface area (Å²) in [6.45, 7) is 1.24. The van der Waals surface area contributed by atoms with Crippen LogP contribution in [-0.4, -0.2) is 35.1 Å². The highest BCUT2D eigenvalue weighted by atomic mass is 19.4. The van der Waals surface area contributed by atoms with E-state index >= 15 is 0 Å².